The van der Waals surface area contributed by atoms with Gasteiger partial charge in [0.05, 0.1) is 18.2 Å². The van der Waals surface area contributed by atoms with Gasteiger partial charge in [-0.3, -0.25) is 4.98 Å². The van der Waals surface area contributed by atoms with Gasteiger partial charge in [-0.2, -0.15) is 4.37 Å². The average Bonchev–Trinajstić information content (AvgIpc) is 2.89. The maximum Gasteiger partial charge on any atom is 0.147 e. The first kappa shape index (κ1) is 13.3. The van der Waals surface area contributed by atoms with Crippen molar-refractivity contribution in [1.82, 2.24) is 9.36 Å². The van der Waals surface area contributed by atoms with Gasteiger partial charge in [0.15, 0.2) is 0 Å². The van der Waals surface area contributed by atoms with Crippen molar-refractivity contribution in [2.24, 2.45) is 0 Å². The van der Waals surface area contributed by atoms with Gasteiger partial charge in [0, 0.05) is 24.5 Å². The van der Waals surface area contributed by atoms with Crippen LogP contribution in [0.25, 0.3) is 11.1 Å². The van der Waals surface area contributed by atoms with Crippen molar-refractivity contribution in [1.29, 1.82) is 0 Å². The van der Waals surface area contributed by atoms with Crippen molar-refractivity contribution in [3.8, 4) is 11.1 Å². The van der Waals surface area contributed by atoms with Gasteiger partial charge in [-0.25, -0.2) is 0 Å². The van der Waals surface area contributed by atoms with Gasteiger partial charge in [0.1, 0.15) is 10.8 Å². The molecule has 1 aliphatic heterocycles. The molecule has 106 valence electrons. The number of aliphatic hydroxyl groups is 1. The Hall–Kier alpha value is -1.66. The maximum absolute atomic E-state index is 9.59. The van der Waals surface area contributed by atoms with E-state index in [-0.39, 0.29) is 12.6 Å². The molecule has 0 amide bonds. The smallest absolute Gasteiger partial charge is 0.147 e. The quantitative estimate of drug-likeness (QED) is 0.906. The molecule has 1 unspecified atom stereocenters. The van der Waals surface area contributed by atoms with E-state index < -0.39 is 0 Å². The van der Waals surface area contributed by atoms with E-state index in [0.717, 1.165) is 41.9 Å². The maximum atomic E-state index is 9.59. The van der Waals surface area contributed by atoms with Crippen molar-refractivity contribution < 1.29 is 5.11 Å². The first-order valence-corrected chi connectivity index (χ1v) is 7.61. The van der Waals surface area contributed by atoms with E-state index in [1.54, 1.807) is 6.20 Å². The van der Waals surface area contributed by atoms with Crippen LogP contribution in [0.5, 0.6) is 0 Å². The summed E-state index contributed by atoms with van der Waals surface area (Å²) in [6.45, 7) is 1.12. The lowest BCUT2D eigenvalue weighted by Crippen LogP contribution is -2.41. The summed E-state index contributed by atoms with van der Waals surface area (Å²) in [7, 11) is 0. The molecule has 1 aliphatic rings. The van der Waals surface area contributed by atoms with Crippen LogP contribution in [0.1, 0.15) is 19.3 Å². The molecule has 5 nitrogen and oxygen atoms in total. The number of nitrogens with zero attached hydrogens (tertiary/aromatic N) is 3. The third-order valence-electron chi connectivity index (χ3n) is 3.75. The minimum atomic E-state index is 0.166. The van der Waals surface area contributed by atoms with Crippen molar-refractivity contribution in [3.63, 3.8) is 0 Å². The highest BCUT2D eigenvalue weighted by atomic mass is 32.1. The molecular weight excluding hydrogens is 272 g/mol. The van der Waals surface area contributed by atoms with E-state index in [1.807, 2.05) is 18.3 Å². The van der Waals surface area contributed by atoms with E-state index in [1.165, 1.54) is 11.5 Å². The summed E-state index contributed by atoms with van der Waals surface area (Å²) in [4.78, 5) is 6.41. The number of piperidine rings is 1. The average molecular weight is 290 g/mol. The summed E-state index contributed by atoms with van der Waals surface area (Å²) in [5.41, 5.74) is 7.98. The molecule has 3 rings (SSSR count). The lowest BCUT2D eigenvalue weighted by Gasteiger charge is -2.35. The van der Waals surface area contributed by atoms with Gasteiger partial charge in [-0.15, -0.1) is 0 Å². The molecule has 2 aromatic rings. The van der Waals surface area contributed by atoms with Crippen LogP contribution >= 0.6 is 11.5 Å². The molecule has 0 aliphatic carbocycles. The number of pyridine rings is 1. The highest BCUT2D eigenvalue weighted by Gasteiger charge is 2.27. The lowest BCUT2D eigenvalue weighted by molar-refractivity contribution is 0.240. The fraction of sp³-hybridized carbons (Fsp3) is 0.429. The zero-order valence-electron chi connectivity index (χ0n) is 11.2. The highest BCUT2D eigenvalue weighted by molar-refractivity contribution is 7.11. The van der Waals surface area contributed by atoms with Crippen LogP contribution in [0, 0.1) is 0 Å². The standard InChI is InChI=1S/C14H18N4OS/c15-13-12(10-4-3-6-16-8-10)14(20-17-13)18-7-2-1-5-11(18)9-19/h3-4,6,8,11,19H,1-2,5,7,9H2,(H2,15,17). The molecule has 0 bridgehead atoms. The molecule has 0 aromatic carbocycles. The van der Waals surface area contributed by atoms with Crippen molar-refractivity contribution in [2.75, 3.05) is 23.8 Å². The lowest BCUT2D eigenvalue weighted by atomic mass is 10.0. The zero-order chi connectivity index (χ0) is 13.9. The van der Waals surface area contributed by atoms with Crippen LogP contribution in [-0.4, -0.2) is 33.7 Å². The molecule has 1 fully saturated rings. The van der Waals surface area contributed by atoms with Gasteiger partial charge >= 0.3 is 0 Å². The normalized spacial score (nSPS) is 19.2. The van der Waals surface area contributed by atoms with Crippen LogP contribution < -0.4 is 10.6 Å². The Kier molecular flexibility index (Phi) is 3.84. The summed E-state index contributed by atoms with van der Waals surface area (Å²) in [6, 6.07) is 4.06. The Bertz CT molecular complexity index is 572. The molecular formula is C14H18N4OS. The molecule has 2 aromatic heterocycles. The number of hydrogen-bond acceptors (Lipinski definition) is 6. The van der Waals surface area contributed by atoms with Crippen LogP contribution in [0.4, 0.5) is 10.8 Å². The predicted molar refractivity (Wildman–Crippen MR) is 81.8 cm³/mol. The third kappa shape index (κ3) is 2.36. The number of hydrogen-bond donors (Lipinski definition) is 2. The number of aromatic nitrogens is 2. The summed E-state index contributed by atoms with van der Waals surface area (Å²) < 4.78 is 4.31. The monoisotopic (exact) mass is 290 g/mol. The second-order valence-corrected chi connectivity index (χ2v) is 5.77. The van der Waals surface area contributed by atoms with Crippen molar-refractivity contribution >= 4 is 22.4 Å². The Morgan fingerprint density at radius 1 is 1.45 bits per heavy atom. The van der Waals surface area contributed by atoms with E-state index in [4.69, 9.17) is 5.73 Å². The van der Waals surface area contributed by atoms with Gasteiger partial charge < -0.3 is 15.7 Å². The molecule has 3 heterocycles. The van der Waals surface area contributed by atoms with E-state index in [2.05, 4.69) is 14.3 Å². The second-order valence-electron chi connectivity index (χ2n) is 5.02. The molecule has 1 atom stereocenters. The molecule has 0 saturated carbocycles. The van der Waals surface area contributed by atoms with Gasteiger partial charge in [-0.05, 0) is 36.9 Å². The van der Waals surface area contributed by atoms with Crippen LogP contribution in [0.15, 0.2) is 24.5 Å². The molecule has 6 heteroatoms. The Morgan fingerprint density at radius 2 is 2.35 bits per heavy atom. The first-order valence-electron chi connectivity index (χ1n) is 6.84. The number of nitrogens with two attached hydrogens (primary N) is 1. The molecule has 1 saturated heterocycles. The summed E-state index contributed by atoms with van der Waals surface area (Å²) >= 11 is 1.41. The molecule has 3 N–H and O–H groups in total. The van der Waals surface area contributed by atoms with E-state index >= 15 is 0 Å². The number of rotatable bonds is 3. The second kappa shape index (κ2) is 5.76. The van der Waals surface area contributed by atoms with Gasteiger partial charge in [-0.1, -0.05) is 6.07 Å². The molecule has 20 heavy (non-hydrogen) atoms. The fourth-order valence-electron chi connectivity index (χ4n) is 2.73. The van der Waals surface area contributed by atoms with E-state index in [9.17, 15) is 5.11 Å². The number of anilines is 2. The third-order valence-corrected chi connectivity index (χ3v) is 4.65. The Morgan fingerprint density at radius 3 is 3.10 bits per heavy atom. The SMILES string of the molecule is Nc1nsc(N2CCCCC2CO)c1-c1cccnc1. The fourth-order valence-corrected chi connectivity index (χ4v) is 3.66. The minimum absolute atomic E-state index is 0.166. The molecule has 0 spiro atoms. The largest absolute Gasteiger partial charge is 0.394 e. The number of nitrogen functional groups attached to an aromatic ring is 1. The van der Waals surface area contributed by atoms with Gasteiger partial charge in [0.25, 0.3) is 0 Å². The minimum Gasteiger partial charge on any atom is -0.394 e. The van der Waals surface area contributed by atoms with Crippen molar-refractivity contribution in [2.45, 2.75) is 25.3 Å². The van der Waals surface area contributed by atoms with Crippen LogP contribution in [-0.2, 0) is 0 Å². The van der Waals surface area contributed by atoms with Crippen molar-refractivity contribution in [3.05, 3.63) is 24.5 Å². The Balaban J connectivity index is 2.02. The number of aliphatic hydroxyl groups excluding tert-OH is 1. The summed E-state index contributed by atoms with van der Waals surface area (Å²) in [5.74, 6) is 0.542. The summed E-state index contributed by atoms with van der Waals surface area (Å²) in [6.07, 6.45) is 6.87. The zero-order valence-corrected chi connectivity index (χ0v) is 12.0. The predicted octanol–water partition coefficient (Wildman–Crippen LogP) is 2.14. The van der Waals surface area contributed by atoms with Crippen LogP contribution in [0.2, 0.25) is 0 Å². The highest BCUT2D eigenvalue weighted by Crippen LogP contribution is 2.41. The first-order chi connectivity index (χ1) is 9.81. The summed E-state index contributed by atoms with van der Waals surface area (Å²) in [5, 5.41) is 10.6. The Labute approximate surface area is 122 Å². The topological polar surface area (TPSA) is 75.3 Å². The van der Waals surface area contributed by atoms with Gasteiger partial charge in [0.2, 0.25) is 0 Å². The van der Waals surface area contributed by atoms with E-state index in [0.29, 0.717) is 5.82 Å². The van der Waals surface area contributed by atoms with Crippen LogP contribution in [0.3, 0.4) is 0 Å². The molecule has 0 radical (unpaired) electrons.